The predicted octanol–water partition coefficient (Wildman–Crippen LogP) is 1.15. The van der Waals surface area contributed by atoms with Crippen molar-refractivity contribution in [1.82, 2.24) is 5.32 Å². The normalized spacial score (nSPS) is 9.38. The van der Waals surface area contributed by atoms with Crippen molar-refractivity contribution in [2.45, 2.75) is 13.3 Å². The van der Waals surface area contributed by atoms with E-state index in [1.54, 1.807) is 6.92 Å². The fraction of sp³-hybridized carbons (Fsp3) is 0.600. The van der Waals surface area contributed by atoms with E-state index in [0.717, 1.165) is 0 Å². The fourth-order valence-electron chi connectivity index (χ4n) is 0.700. The van der Waals surface area contributed by atoms with E-state index in [1.165, 1.54) is 0 Å². The molecule has 5 nitrogen and oxygen atoms in total. The second-order valence-electron chi connectivity index (χ2n) is 3.06. The summed E-state index contributed by atoms with van der Waals surface area (Å²) < 4.78 is 9.54. The molecule has 0 bridgehead atoms. The first-order valence-corrected chi connectivity index (χ1v) is 5.55. The summed E-state index contributed by atoms with van der Waals surface area (Å²) in [4.78, 5) is 21.9. The maximum absolute atomic E-state index is 11.0. The van der Waals surface area contributed by atoms with Gasteiger partial charge in [0.2, 0.25) is 0 Å². The molecule has 0 aliphatic rings. The Kier molecular flexibility index (Phi) is 8.42. The number of nitrogens with one attached hydrogen (secondary N) is 1. The standard InChI is InChI=1S/C10H17NO4S/c1-8(2)9(12)14-6-4-11-10(13)15-5-3-7-16/h16H,1,3-7H2,2H3,(H,11,13). The molecule has 0 aromatic heterocycles. The molecular weight excluding hydrogens is 230 g/mol. The van der Waals surface area contributed by atoms with Crippen molar-refractivity contribution in [3.8, 4) is 0 Å². The van der Waals surface area contributed by atoms with Gasteiger partial charge in [0.25, 0.3) is 0 Å². The number of amides is 1. The third kappa shape index (κ3) is 8.16. The van der Waals surface area contributed by atoms with Gasteiger partial charge in [0, 0.05) is 5.57 Å². The third-order valence-corrected chi connectivity index (χ3v) is 1.80. The van der Waals surface area contributed by atoms with E-state index in [0.29, 0.717) is 24.4 Å². The first kappa shape index (κ1) is 14.8. The van der Waals surface area contributed by atoms with Crippen LogP contribution in [0.5, 0.6) is 0 Å². The second kappa shape index (κ2) is 9.08. The van der Waals surface area contributed by atoms with Gasteiger partial charge in [0.1, 0.15) is 6.61 Å². The summed E-state index contributed by atoms with van der Waals surface area (Å²) in [7, 11) is 0. The van der Waals surface area contributed by atoms with Crippen molar-refractivity contribution < 1.29 is 19.1 Å². The molecule has 1 N–H and O–H groups in total. The minimum atomic E-state index is -0.520. The number of hydrogen-bond donors (Lipinski definition) is 2. The van der Waals surface area contributed by atoms with Gasteiger partial charge in [-0.25, -0.2) is 9.59 Å². The van der Waals surface area contributed by atoms with E-state index in [2.05, 4.69) is 24.5 Å². The number of thiol groups is 1. The van der Waals surface area contributed by atoms with Gasteiger partial charge in [-0.1, -0.05) is 6.58 Å². The number of alkyl carbamates (subject to hydrolysis) is 1. The van der Waals surface area contributed by atoms with Gasteiger partial charge < -0.3 is 14.8 Å². The van der Waals surface area contributed by atoms with Crippen LogP contribution in [-0.2, 0) is 14.3 Å². The Bertz CT molecular complexity index is 255. The molecule has 0 aromatic rings. The van der Waals surface area contributed by atoms with Crippen molar-refractivity contribution in [2.75, 3.05) is 25.5 Å². The van der Waals surface area contributed by atoms with E-state index in [-0.39, 0.29) is 13.2 Å². The van der Waals surface area contributed by atoms with Gasteiger partial charge in [-0.05, 0) is 19.1 Å². The zero-order valence-corrected chi connectivity index (χ0v) is 10.2. The van der Waals surface area contributed by atoms with Crippen LogP contribution in [-0.4, -0.2) is 37.6 Å². The van der Waals surface area contributed by atoms with Crippen LogP contribution < -0.4 is 5.32 Å². The summed E-state index contributed by atoms with van der Waals surface area (Å²) in [6, 6.07) is 0. The van der Waals surface area contributed by atoms with Crippen molar-refractivity contribution >= 4 is 24.7 Å². The van der Waals surface area contributed by atoms with Crippen LogP contribution in [0.1, 0.15) is 13.3 Å². The highest BCUT2D eigenvalue weighted by atomic mass is 32.1. The van der Waals surface area contributed by atoms with Gasteiger partial charge in [-0.2, -0.15) is 12.6 Å². The summed E-state index contributed by atoms with van der Waals surface area (Å²) in [6.07, 6.45) is 0.189. The van der Waals surface area contributed by atoms with Crippen molar-refractivity contribution in [2.24, 2.45) is 0 Å². The lowest BCUT2D eigenvalue weighted by Gasteiger charge is -2.07. The molecule has 0 aromatic carbocycles. The molecule has 0 saturated heterocycles. The summed E-state index contributed by atoms with van der Waals surface area (Å²) in [5, 5.41) is 2.44. The van der Waals surface area contributed by atoms with Crippen molar-refractivity contribution in [3.05, 3.63) is 12.2 Å². The number of hydrogen-bond acceptors (Lipinski definition) is 5. The van der Waals surface area contributed by atoms with E-state index >= 15 is 0 Å². The molecule has 6 heteroatoms. The topological polar surface area (TPSA) is 64.6 Å². The molecule has 0 rings (SSSR count). The summed E-state index contributed by atoms with van der Waals surface area (Å²) >= 11 is 3.97. The van der Waals surface area contributed by atoms with Gasteiger partial charge in [-0.15, -0.1) is 0 Å². The summed E-state index contributed by atoms with van der Waals surface area (Å²) in [5.74, 6) is 0.203. The van der Waals surface area contributed by atoms with E-state index in [1.807, 2.05) is 0 Å². The van der Waals surface area contributed by atoms with Crippen LogP contribution in [0, 0.1) is 0 Å². The molecule has 0 heterocycles. The van der Waals surface area contributed by atoms with Crippen molar-refractivity contribution in [1.29, 1.82) is 0 Å². The van der Waals surface area contributed by atoms with Gasteiger partial charge in [-0.3, -0.25) is 0 Å². The smallest absolute Gasteiger partial charge is 0.407 e. The molecule has 0 saturated carbocycles. The third-order valence-electron chi connectivity index (χ3n) is 1.49. The quantitative estimate of drug-likeness (QED) is 0.306. The molecular formula is C10H17NO4S. The molecule has 0 unspecified atom stereocenters. The average molecular weight is 247 g/mol. The molecule has 0 atom stereocenters. The molecule has 16 heavy (non-hydrogen) atoms. The molecule has 0 spiro atoms. The lowest BCUT2D eigenvalue weighted by Crippen LogP contribution is -2.29. The Balaban J connectivity index is 3.41. The Morgan fingerprint density at radius 1 is 1.31 bits per heavy atom. The zero-order valence-electron chi connectivity index (χ0n) is 9.32. The highest BCUT2D eigenvalue weighted by Gasteiger charge is 2.04. The van der Waals surface area contributed by atoms with E-state index < -0.39 is 12.1 Å². The van der Waals surface area contributed by atoms with E-state index in [9.17, 15) is 9.59 Å². The predicted molar refractivity (Wildman–Crippen MR) is 63.6 cm³/mol. The first-order chi connectivity index (χ1) is 7.57. The van der Waals surface area contributed by atoms with Gasteiger partial charge in [0.05, 0.1) is 13.2 Å². The molecule has 1 amide bonds. The molecule has 0 fully saturated rings. The zero-order chi connectivity index (χ0) is 12.4. The molecule has 0 aliphatic carbocycles. The number of carbonyl (C=O) groups is 2. The minimum absolute atomic E-state index is 0.105. The van der Waals surface area contributed by atoms with Crippen LogP contribution >= 0.6 is 12.6 Å². The fourth-order valence-corrected chi connectivity index (χ4v) is 0.830. The Morgan fingerprint density at radius 3 is 2.56 bits per heavy atom. The molecule has 0 aliphatic heterocycles. The summed E-state index contributed by atoms with van der Waals surface area (Å²) in [6.45, 7) is 5.64. The SMILES string of the molecule is C=C(C)C(=O)OCCNC(=O)OCCCS. The summed E-state index contributed by atoms with van der Waals surface area (Å²) in [5.41, 5.74) is 0.330. The Labute approximate surface area is 101 Å². The maximum Gasteiger partial charge on any atom is 0.407 e. The lowest BCUT2D eigenvalue weighted by molar-refractivity contribution is -0.138. The Morgan fingerprint density at radius 2 is 2.00 bits per heavy atom. The average Bonchev–Trinajstić information content (AvgIpc) is 2.24. The monoisotopic (exact) mass is 247 g/mol. The number of rotatable bonds is 7. The van der Waals surface area contributed by atoms with Crippen LogP contribution in [0.4, 0.5) is 4.79 Å². The Hall–Kier alpha value is -1.17. The number of carbonyl (C=O) groups excluding carboxylic acids is 2. The highest BCUT2D eigenvalue weighted by molar-refractivity contribution is 7.80. The first-order valence-electron chi connectivity index (χ1n) is 4.92. The van der Waals surface area contributed by atoms with Gasteiger partial charge >= 0.3 is 12.1 Å². The highest BCUT2D eigenvalue weighted by Crippen LogP contribution is 1.91. The van der Waals surface area contributed by atoms with Gasteiger partial charge in [0.15, 0.2) is 0 Å². The van der Waals surface area contributed by atoms with E-state index in [4.69, 9.17) is 9.47 Å². The molecule has 92 valence electrons. The molecule has 0 radical (unpaired) electrons. The minimum Gasteiger partial charge on any atom is -0.460 e. The number of esters is 1. The number of ether oxygens (including phenoxy) is 2. The maximum atomic E-state index is 11.0. The second-order valence-corrected chi connectivity index (χ2v) is 3.50. The van der Waals surface area contributed by atoms with Crippen LogP contribution in [0.25, 0.3) is 0 Å². The lowest BCUT2D eigenvalue weighted by atomic mass is 10.4. The van der Waals surface area contributed by atoms with Crippen molar-refractivity contribution in [3.63, 3.8) is 0 Å². The largest absolute Gasteiger partial charge is 0.460 e. The van der Waals surface area contributed by atoms with Crippen LogP contribution in [0.2, 0.25) is 0 Å². The van der Waals surface area contributed by atoms with Crippen LogP contribution in [0.3, 0.4) is 0 Å². The van der Waals surface area contributed by atoms with Crippen LogP contribution in [0.15, 0.2) is 12.2 Å².